The van der Waals surface area contributed by atoms with E-state index in [-0.39, 0.29) is 0 Å². The average Bonchev–Trinajstić information content (AvgIpc) is 2.09. The zero-order valence-corrected chi connectivity index (χ0v) is 7.53. The van der Waals surface area contributed by atoms with Gasteiger partial charge in [0.25, 0.3) is 0 Å². The molecule has 11 heavy (non-hydrogen) atoms. The van der Waals surface area contributed by atoms with Crippen LogP contribution in [0.1, 0.15) is 12.5 Å². The van der Waals surface area contributed by atoms with Crippen LogP contribution in [-0.4, -0.2) is 7.18 Å². The highest BCUT2D eigenvalue weighted by Crippen LogP contribution is 2.14. The summed E-state index contributed by atoms with van der Waals surface area (Å²) in [6.07, 6.45) is 1.01. The first-order valence-electron chi connectivity index (χ1n) is 3.45. The topological polar surface area (TPSA) is 0 Å². The summed E-state index contributed by atoms with van der Waals surface area (Å²) in [7, 11) is 0.500. The number of benzene rings is 1. The molecule has 1 rings (SSSR count). The molecule has 0 heterocycles. The Morgan fingerprint density at radius 2 is 1.82 bits per heavy atom. The van der Waals surface area contributed by atoms with Crippen LogP contribution in [0.15, 0.2) is 24.3 Å². The first kappa shape index (κ1) is 10.4. The summed E-state index contributed by atoms with van der Waals surface area (Å²) in [5.74, 6) is 0. The van der Waals surface area contributed by atoms with Gasteiger partial charge in [-0.3, -0.25) is 4.39 Å². The van der Waals surface area contributed by atoms with E-state index >= 15 is 0 Å². The predicted octanol–water partition coefficient (Wildman–Crippen LogP) is 3.49. The predicted molar refractivity (Wildman–Crippen MR) is 47.9 cm³/mol. The highest BCUT2D eigenvalue weighted by atomic mass is 35.5. The van der Waals surface area contributed by atoms with E-state index < -0.39 is 0 Å². The molecule has 1 aromatic carbocycles. The molecule has 0 aliphatic carbocycles. The Kier molecular flexibility index (Phi) is 5.86. The molecule has 0 N–H and O–H groups in total. The number of hydrogen-bond acceptors (Lipinski definition) is 0. The second-order valence-corrected chi connectivity index (χ2v) is 2.35. The minimum Gasteiger partial charge on any atom is -0.255 e. The molecule has 0 unspecified atom stereocenters. The third-order valence-corrected chi connectivity index (χ3v) is 1.71. The molecule has 0 atom stereocenters. The molecule has 0 saturated carbocycles. The summed E-state index contributed by atoms with van der Waals surface area (Å²) < 4.78 is 9.50. The maximum absolute atomic E-state index is 9.50. The molecule has 0 aromatic heterocycles. The van der Waals surface area contributed by atoms with Crippen LogP contribution < -0.4 is 0 Å². The van der Waals surface area contributed by atoms with Crippen molar-refractivity contribution in [2.75, 3.05) is 7.18 Å². The van der Waals surface area contributed by atoms with Crippen molar-refractivity contribution < 1.29 is 4.39 Å². The van der Waals surface area contributed by atoms with Crippen LogP contribution in [0.5, 0.6) is 0 Å². The van der Waals surface area contributed by atoms with Crippen molar-refractivity contribution in [3.63, 3.8) is 0 Å². The van der Waals surface area contributed by atoms with Gasteiger partial charge in [-0.2, -0.15) is 0 Å². The van der Waals surface area contributed by atoms with Crippen LogP contribution in [0.25, 0.3) is 0 Å². The van der Waals surface area contributed by atoms with E-state index in [0.29, 0.717) is 7.18 Å². The average molecular weight is 175 g/mol. The molecule has 2 heteroatoms. The van der Waals surface area contributed by atoms with Crippen LogP contribution >= 0.6 is 11.6 Å². The quantitative estimate of drug-likeness (QED) is 0.612. The highest BCUT2D eigenvalue weighted by Gasteiger charge is 1.91. The molecular weight excluding hydrogens is 163 g/mol. The largest absolute Gasteiger partial charge is 0.255 e. The summed E-state index contributed by atoms with van der Waals surface area (Å²) in [5.41, 5.74) is 1.22. The van der Waals surface area contributed by atoms with Crippen molar-refractivity contribution in [3.8, 4) is 0 Å². The second-order valence-electron chi connectivity index (χ2n) is 1.94. The lowest BCUT2D eigenvalue weighted by atomic mass is 10.2. The second kappa shape index (κ2) is 6.17. The maximum Gasteiger partial charge on any atom is 0.0785 e. The fourth-order valence-electron chi connectivity index (χ4n) is 0.785. The molecule has 0 amide bonds. The molecule has 0 spiro atoms. The third-order valence-electron chi connectivity index (χ3n) is 1.34. The van der Waals surface area contributed by atoms with E-state index in [9.17, 15) is 4.39 Å². The Bertz CT molecular complexity index is 199. The normalized spacial score (nSPS) is 8.36. The van der Waals surface area contributed by atoms with E-state index in [4.69, 9.17) is 11.6 Å². The summed E-state index contributed by atoms with van der Waals surface area (Å²) >= 11 is 5.82. The van der Waals surface area contributed by atoms with Gasteiger partial charge in [0.1, 0.15) is 0 Å². The minimum atomic E-state index is 0.500. The van der Waals surface area contributed by atoms with Crippen molar-refractivity contribution in [2.24, 2.45) is 0 Å². The molecule has 0 nitrogen and oxygen atoms in total. The third kappa shape index (κ3) is 3.38. The van der Waals surface area contributed by atoms with Gasteiger partial charge in [0.05, 0.1) is 7.18 Å². The standard InChI is InChI=1S/C8H9Cl.CH3F/c1-2-7-5-3-4-6-8(7)9;1-2/h3-6H,2H2,1H3;1H3. The fourth-order valence-corrected chi connectivity index (χ4v) is 1.05. The van der Waals surface area contributed by atoms with E-state index in [1.165, 1.54) is 5.56 Å². The Hall–Kier alpha value is -0.560. The molecular formula is C9H12ClF. The van der Waals surface area contributed by atoms with Crippen molar-refractivity contribution in [2.45, 2.75) is 13.3 Å². The van der Waals surface area contributed by atoms with E-state index in [2.05, 4.69) is 6.92 Å². The SMILES string of the molecule is CCc1ccccc1Cl.CF. The molecule has 62 valence electrons. The van der Waals surface area contributed by atoms with Crippen molar-refractivity contribution in [1.29, 1.82) is 0 Å². The van der Waals surface area contributed by atoms with Gasteiger partial charge in [-0.05, 0) is 18.1 Å². The number of hydrogen-bond donors (Lipinski definition) is 0. The minimum absolute atomic E-state index is 0.500. The molecule has 0 saturated heterocycles. The Morgan fingerprint density at radius 3 is 2.18 bits per heavy atom. The van der Waals surface area contributed by atoms with Gasteiger partial charge in [0.2, 0.25) is 0 Å². The van der Waals surface area contributed by atoms with Crippen LogP contribution in [0.2, 0.25) is 5.02 Å². The monoisotopic (exact) mass is 174 g/mol. The Balaban J connectivity index is 0.000000461. The van der Waals surface area contributed by atoms with Crippen molar-refractivity contribution in [1.82, 2.24) is 0 Å². The Morgan fingerprint density at radius 1 is 1.27 bits per heavy atom. The lowest BCUT2D eigenvalue weighted by Crippen LogP contribution is -1.78. The highest BCUT2D eigenvalue weighted by molar-refractivity contribution is 6.31. The Labute approximate surface area is 72.0 Å². The molecule has 0 aliphatic heterocycles. The summed E-state index contributed by atoms with van der Waals surface area (Å²) in [4.78, 5) is 0. The zero-order valence-electron chi connectivity index (χ0n) is 6.77. The summed E-state index contributed by atoms with van der Waals surface area (Å²) in [6.45, 7) is 2.10. The van der Waals surface area contributed by atoms with E-state index in [0.717, 1.165) is 11.4 Å². The van der Waals surface area contributed by atoms with Gasteiger partial charge in [-0.25, -0.2) is 0 Å². The summed E-state index contributed by atoms with van der Waals surface area (Å²) in [5, 5.41) is 0.875. The van der Waals surface area contributed by atoms with Gasteiger partial charge >= 0.3 is 0 Å². The smallest absolute Gasteiger partial charge is 0.0785 e. The summed E-state index contributed by atoms with van der Waals surface area (Å²) in [6, 6.07) is 7.91. The maximum atomic E-state index is 9.50. The van der Waals surface area contributed by atoms with Gasteiger partial charge in [0.15, 0.2) is 0 Å². The first-order valence-corrected chi connectivity index (χ1v) is 3.83. The van der Waals surface area contributed by atoms with E-state index in [1.54, 1.807) is 0 Å². The van der Waals surface area contributed by atoms with Crippen LogP contribution in [0.3, 0.4) is 0 Å². The van der Waals surface area contributed by atoms with Gasteiger partial charge in [0, 0.05) is 5.02 Å². The van der Waals surface area contributed by atoms with Crippen molar-refractivity contribution in [3.05, 3.63) is 34.9 Å². The first-order chi connectivity index (χ1) is 5.34. The molecule has 0 fully saturated rings. The van der Waals surface area contributed by atoms with Crippen LogP contribution in [-0.2, 0) is 6.42 Å². The molecule has 0 aliphatic rings. The number of alkyl halides is 1. The van der Waals surface area contributed by atoms with Gasteiger partial charge in [-0.1, -0.05) is 36.7 Å². The van der Waals surface area contributed by atoms with Crippen LogP contribution in [0, 0.1) is 0 Å². The molecule has 0 bridgehead atoms. The van der Waals surface area contributed by atoms with Crippen molar-refractivity contribution >= 4 is 11.6 Å². The molecule has 1 aromatic rings. The fraction of sp³-hybridized carbons (Fsp3) is 0.333. The number of rotatable bonds is 1. The lowest BCUT2D eigenvalue weighted by molar-refractivity contribution is 0.636. The van der Waals surface area contributed by atoms with Crippen LogP contribution in [0.4, 0.5) is 4.39 Å². The number of aryl methyl sites for hydroxylation is 1. The molecule has 0 radical (unpaired) electrons. The van der Waals surface area contributed by atoms with E-state index in [1.807, 2.05) is 24.3 Å². The van der Waals surface area contributed by atoms with Gasteiger partial charge < -0.3 is 0 Å². The lowest BCUT2D eigenvalue weighted by Gasteiger charge is -1.96. The zero-order chi connectivity index (χ0) is 8.69. The number of halogens is 2. The van der Waals surface area contributed by atoms with Gasteiger partial charge in [-0.15, -0.1) is 0 Å².